The van der Waals surface area contributed by atoms with E-state index in [9.17, 15) is 9.67 Å². The van der Waals surface area contributed by atoms with Crippen molar-refractivity contribution in [3.63, 3.8) is 0 Å². The molecule has 0 radical (unpaired) electrons. The van der Waals surface area contributed by atoms with Crippen LogP contribution in [-0.4, -0.2) is 22.0 Å². The molecular formula is C8H11O5P. The average Bonchev–Trinajstić information content (AvgIpc) is 2.15. The van der Waals surface area contributed by atoms with Crippen LogP contribution in [0.1, 0.15) is 11.4 Å². The fourth-order valence-corrected chi connectivity index (χ4v) is 1.53. The highest BCUT2D eigenvalue weighted by Gasteiger charge is 2.27. The van der Waals surface area contributed by atoms with Crippen molar-refractivity contribution < 1.29 is 24.2 Å². The van der Waals surface area contributed by atoms with Gasteiger partial charge in [-0.2, -0.15) is 0 Å². The Labute approximate surface area is 81.1 Å². The van der Waals surface area contributed by atoms with Crippen molar-refractivity contribution in [2.45, 2.75) is 5.85 Å². The third-order valence-corrected chi connectivity index (χ3v) is 2.67. The molecule has 1 unspecified atom stereocenters. The number of hydrogen-bond donors (Lipinski definition) is 3. The Hall–Kier alpha value is -0.870. The van der Waals surface area contributed by atoms with Gasteiger partial charge in [0.1, 0.15) is 5.75 Å². The number of benzene rings is 1. The standard InChI is InChI=1S/C8H11O5P/c1-13-7-4-2-6(3-5-7)8(9)14(10,11)12/h2-5,8-9H,1H3,(H2,10,11,12). The SMILES string of the molecule is COc1ccc(C(O)P(=O)(O)O)cc1. The van der Waals surface area contributed by atoms with Crippen molar-refractivity contribution >= 4 is 7.60 Å². The molecule has 3 N–H and O–H groups in total. The highest BCUT2D eigenvalue weighted by molar-refractivity contribution is 7.51. The lowest BCUT2D eigenvalue weighted by Crippen LogP contribution is -1.98. The number of rotatable bonds is 3. The number of aliphatic hydroxyl groups excluding tert-OH is 1. The number of hydrogen-bond acceptors (Lipinski definition) is 3. The maximum absolute atomic E-state index is 10.7. The summed E-state index contributed by atoms with van der Waals surface area (Å²) >= 11 is 0. The van der Waals surface area contributed by atoms with Crippen LogP contribution < -0.4 is 4.74 Å². The largest absolute Gasteiger partial charge is 0.497 e. The first kappa shape index (κ1) is 11.2. The molecule has 1 aromatic rings. The smallest absolute Gasteiger partial charge is 0.358 e. The molecule has 0 heterocycles. The second kappa shape index (κ2) is 4.11. The normalized spacial score (nSPS) is 13.7. The van der Waals surface area contributed by atoms with E-state index in [0.717, 1.165) is 0 Å². The minimum absolute atomic E-state index is 0.166. The van der Waals surface area contributed by atoms with Gasteiger partial charge in [-0.1, -0.05) is 12.1 Å². The fourth-order valence-electron chi connectivity index (χ4n) is 0.970. The summed E-state index contributed by atoms with van der Waals surface area (Å²) < 4.78 is 15.6. The van der Waals surface area contributed by atoms with Crippen molar-refractivity contribution in [2.75, 3.05) is 7.11 Å². The van der Waals surface area contributed by atoms with Gasteiger partial charge in [-0.25, -0.2) is 0 Å². The summed E-state index contributed by atoms with van der Waals surface area (Å²) in [6.45, 7) is 0. The minimum atomic E-state index is -4.49. The first-order valence-electron chi connectivity index (χ1n) is 3.82. The summed E-state index contributed by atoms with van der Waals surface area (Å²) in [6.07, 6.45) is 0. The molecule has 0 saturated heterocycles. The predicted molar refractivity (Wildman–Crippen MR) is 50.0 cm³/mol. The molecule has 0 fully saturated rings. The molecule has 0 aliphatic rings. The topological polar surface area (TPSA) is 87.0 Å². The maximum Gasteiger partial charge on any atom is 0.358 e. The van der Waals surface area contributed by atoms with Crippen molar-refractivity contribution in [3.8, 4) is 5.75 Å². The van der Waals surface area contributed by atoms with Gasteiger partial charge >= 0.3 is 7.60 Å². The van der Waals surface area contributed by atoms with Crippen LogP contribution in [0.3, 0.4) is 0 Å². The van der Waals surface area contributed by atoms with Gasteiger partial charge < -0.3 is 19.6 Å². The highest BCUT2D eigenvalue weighted by atomic mass is 31.2. The monoisotopic (exact) mass is 218 g/mol. The Morgan fingerprint density at radius 3 is 2.14 bits per heavy atom. The van der Waals surface area contributed by atoms with Crippen LogP contribution in [0.25, 0.3) is 0 Å². The van der Waals surface area contributed by atoms with E-state index in [2.05, 4.69) is 0 Å². The van der Waals surface area contributed by atoms with Crippen molar-refractivity contribution in [1.29, 1.82) is 0 Å². The lowest BCUT2D eigenvalue weighted by molar-refractivity contribution is 0.205. The summed E-state index contributed by atoms with van der Waals surface area (Å²) in [6, 6.07) is 5.85. The molecule has 0 bridgehead atoms. The van der Waals surface area contributed by atoms with Gasteiger partial charge in [0.05, 0.1) is 7.11 Å². The van der Waals surface area contributed by atoms with Crippen LogP contribution in [0, 0.1) is 0 Å². The molecule has 78 valence electrons. The van der Waals surface area contributed by atoms with E-state index in [1.807, 2.05) is 0 Å². The van der Waals surface area contributed by atoms with E-state index in [0.29, 0.717) is 5.75 Å². The molecule has 1 rings (SSSR count). The molecule has 6 heteroatoms. The lowest BCUT2D eigenvalue weighted by atomic mass is 10.2. The average molecular weight is 218 g/mol. The molecule has 0 saturated carbocycles. The summed E-state index contributed by atoms with van der Waals surface area (Å²) in [5.74, 6) is -1.21. The first-order valence-corrected chi connectivity index (χ1v) is 5.50. The van der Waals surface area contributed by atoms with Crippen molar-refractivity contribution in [1.82, 2.24) is 0 Å². The molecule has 14 heavy (non-hydrogen) atoms. The van der Waals surface area contributed by atoms with Crippen LogP contribution in [0.5, 0.6) is 5.75 Å². The van der Waals surface area contributed by atoms with Crippen LogP contribution in [0.4, 0.5) is 0 Å². The first-order chi connectivity index (χ1) is 6.45. The van der Waals surface area contributed by atoms with Gasteiger partial charge in [-0.15, -0.1) is 0 Å². The van der Waals surface area contributed by atoms with E-state index in [1.54, 1.807) is 0 Å². The van der Waals surface area contributed by atoms with E-state index in [4.69, 9.17) is 14.5 Å². The molecular weight excluding hydrogens is 207 g/mol. The van der Waals surface area contributed by atoms with Gasteiger partial charge in [0.15, 0.2) is 5.85 Å². The van der Waals surface area contributed by atoms with Gasteiger partial charge in [0.25, 0.3) is 0 Å². The van der Waals surface area contributed by atoms with Crippen LogP contribution >= 0.6 is 7.60 Å². The van der Waals surface area contributed by atoms with Gasteiger partial charge in [0, 0.05) is 0 Å². The Kier molecular flexibility index (Phi) is 3.29. The summed E-state index contributed by atoms with van der Waals surface area (Å²) in [5.41, 5.74) is 0.166. The molecule has 0 aromatic heterocycles. The van der Waals surface area contributed by atoms with Gasteiger partial charge in [-0.05, 0) is 17.7 Å². The van der Waals surface area contributed by atoms with E-state index in [-0.39, 0.29) is 5.56 Å². The van der Waals surface area contributed by atoms with Crippen molar-refractivity contribution in [3.05, 3.63) is 29.8 Å². The van der Waals surface area contributed by atoms with Gasteiger partial charge in [0.2, 0.25) is 0 Å². The second-order valence-corrected chi connectivity index (χ2v) is 4.40. The van der Waals surface area contributed by atoms with E-state index in [1.165, 1.54) is 31.4 Å². The zero-order valence-electron chi connectivity index (χ0n) is 7.49. The lowest BCUT2D eigenvalue weighted by Gasteiger charge is -2.12. The highest BCUT2D eigenvalue weighted by Crippen LogP contribution is 2.49. The van der Waals surface area contributed by atoms with Crippen LogP contribution in [-0.2, 0) is 4.57 Å². The number of aliphatic hydroxyl groups is 1. The number of ether oxygens (including phenoxy) is 1. The predicted octanol–water partition coefficient (Wildman–Crippen LogP) is 0.864. The van der Waals surface area contributed by atoms with Gasteiger partial charge in [-0.3, -0.25) is 4.57 Å². The van der Waals surface area contributed by atoms with Crippen LogP contribution in [0.2, 0.25) is 0 Å². The zero-order valence-corrected chi connectivity index (χ0v) is 8.39. The Morgan fingerprint density at radius 2 is 1.79 bits per heavy atom. The molecule has 1 aromatic carbocycles. The second-order valence-electron chi connectivity index (χ2n) is 2.74. The summed E-state index contributed by atoms with van der Waals surface area (Å²) in [4.78, 5) is 17.4. The quantitative estimate of drug-likeness (QED) is 0.655. The van der Waals surface area contributed by atoms with E-state index >= 15 is 0 Å². The Morgan fingerprint density at radius 1 is 1.29 bits per heavy atom. The van der Waals surface area contributed by atoms with E-state index < -0.39 is 13.4 Å². The number of methoxy groups -OCH3 is 1. The molecule has 0 aliphatic heterocycles. The fraction of sp³-hybridized carbons (Fsp3) is 0.250. The third-order valence-electron chi connectivity index (χ3n) is 1.73. The maximum atomic E-state index is 10.7. The summed E-state index contributed by atoms with van der Waals surface area (Å²) in [5, 5.41) is 9.22. The molecule has 1 atom stereocenters. The minimum Gasteiger partial charge on any atom is -0.497 e. The molecule has 0 aliphatic carbocycles. The Balaban J connectivity index is 2.92. The zero-order chi connectivity index (χ0) is 10.8. The van der Waals surface area contributed by atoms with Crippen molar-refractivity contribution in [2.24, 2.45) is 0 Å². The Bertz CT molecular complexity index is 341. The molecule has 0 spiro atoms. The molecule has 5 nitrogen and oxygen atoms in total. The third kappa shape index (κ3) is 2.56. The van der Waals surface area contributed by atoms with Crippen LogP contribution in [0.15, 0.2) is 24.3 Å². The molecule has 0 amide bonds. The summed E-state index contributed by atoms with van der Waals surface area (Å²) in [7, 11) is -3.01.